The van der Waals surface area contributed by atoms with Crippen molar-refractivity contribution in [1.82, 2.24) is 20.1 Å². The molecule has 0 aliphatic carbocycles. The maximum atomic E-state index is 12.1. The molecule has 0 spiro atoms. The van der Waals surface area contributed by atoms with E-state index in [9.17, 15) is 4.79 Å². The predicted octanol–water partition coefficient (Wildman–Crippen LogP) is 1.46. The van der Waals surface area contributed by atoms with Crippen LogP contribution in [0.3, 0.4) is 0 Å². The number of rotatable bonds is 4. The van der Waals surface area contributed by atoms with E-state index in [4.69, 9.17) is 0 Å². The molecule has 1 aliphatic heterocycles. The Labute approximate surface area is 130 Å². The van der Waals surface area contributed by atoms with Crippen LogP contribution in [0, 0.1) is 5.92 Å². The Bertz CT molecular complexity index is 624. The summed E-state index contributed by atoms with van der Waals surface area (Å²) in [5.74, 6) is 0.417. The van der Waals surface area contributed by atoms with Crippen molar-refractivity contribution < 1.29 is 4.79 Å². The van der Waals surface area contributed by atoms with Gasteiger partial charge in [0.15, 0.2) is 0 Å². The Kier molecular flexibility index (Phi) is 4.37. The zero-order valence-corrected chi connectivity index (χ0v) is 12.8. The number of nitrogens with one attached hydrogen (secondary N) is 1. The first kappa shape index (κ1) is 14.6. The first-order valence-corrected chi connectivity index (χ1v) is 7.65. The molecule has 1 unspecified atom stereocenters. The number of aryl methyl sites for hydroxylation is 1. The molecule has 3 rings (SSSR count). The van der Waals surface area contributed by atoms with Crippen LogP contribution in [0.5, 0.6) is 0 Å². The van der Waals surface area contributed by atoms with Gasteiger partial charge in [0.1, 0.15) is 5.69 Å². The molecule has 1 aliphatic rings. The third-order valence-corrected chi connectivity index (χ3v) is 4.15. The van der Waals surface area contributed by atoms with Gasteiger partial charge in [0.05, 0.1) is 0 Å². The molecule has 3 heterocycles. The highest BCUT2D eigenvalue weighted by Crippen LogP contribution is 2.22. The van der Waals surface area contributed by atoms with Gasteiger partial charge in [0, 0.05) is 51.0 Å². The highest BCUT2D eigenvalue weighted by Gasteiger charge is 2.21. The van der Waals surface area contributed by atoms with Crippen molar-refractivity contribution in [2.75, 3.05) is 24.5 Å². The maximum Gasteiger partial charge on any atom is 0.269 e. The highest BCUT2D eigenvalue weighted by molar-refractivity contribution is 5.92. The van der Waals surface area contributed by atoms with E-state index in [1.54, 1.807) is 24.0 Å². The number of piperidine rings is 1. The lowest BCUT2D eigenvalue weighted by Gasteiger charge is -2.34. The molecule has 1 atom stereocenters. The van der Waals surface area contributed by atoms with Crippen molar-refractivity contribution in [3.8, 4) is 0 Å². The van der Waals surface area contributed by atoms with Crippen LogP contribution >= 0.6 is 0 Å². The van der Waals surface area contributed by atoms with E-state index in [-0.39, 0.29) is 5.91 Å². The molecule has 1 N–H and O–H groups in total. The average Bonchev–Trinajstić information content (AvgIpc) is 3.00. The molecule has 6 nitrogen and oxygen atoms in total. The van der Waals surface area contributed by atoms with Gasteiger partial charge >= 0.3 is 0 Å². The average molecular weight is 299 g/mol. The highest BCUT2D eigenvalue weighted by atomic mass is 16.2. The van der Waals surface area contributed by atoms with Crippen molar-refractivity contribution in [1.29, 1.82) is 0 Å². The molecule has 1 amide bonds. The Hall–Kier alpha value is -2.37. The van der Waals surface area contributed by atoms with Crippen LogP contribution in [0.2, 0.25) is 0 Å². The van der Waals surface area contributed by atoms with Gasteiger partial charge in [-0.2, -0.15) is 5.10 Å². The minimum Gasteiger partial charge on any atom is -0.371 e. The number of anilines is 1. The fraction of sp³-hybridized carbons (Fsp3) is 0.438. The van der Waals surface area contributed by atoms with Gasteiger partial charge in [-0.25, -0.2) is 0 Å². The summed E-state index contributed by atoms with van der Waals surface area (Å²) >= 11 is 0. The van der Waals surface area contributed by atoms with Crippen molar-refractivity contribution >= 4 is 11.6 Å². The summed E-state index contributed by atoms with van der Waals surface area (Å²) in [6, 6.07) is 5.81. The molecule has 6 heteroatoms. The predicted molar refractivity (Wildman–Crippen MR) is 84.7 cm³/mol. The third-order valence-electron chi connectivity index (χ3n) is 4.15. The van der Waals surface area contributed by atoms with Crippen LogP contribution in [0.1, 0.15) is 23.3 Å². The summed E-state index contributed by atoms with van der Waals surface area (Å²) in [5.41, 5.74) is 1.81. The molecule has 0 aromatic carbocycles. The van der Waals surface area contributed by atoms with E-state index in [0.29, 0.717) is 18.2 Å². The minimum atomic E-state index is -0.0546. The smallest absolute Gasteiger partial charge is 0.269 e. The second kappa shape index (κ2) is 6.60. The molecule has 0 bridgehead atoms. The van der Waals surface area contributed by atoms with Crippen LogP contribution in [-0.2, 0) is 7.05 Å². The molecule has 1 saturated heterocycles. The lowest BCUT2D eigenvalue weighted by Crippen LogP contribution is -2.41. The Balaban J connectivity index is 1.55. The number of hydrogen-bond acceptors (Lipinski definition) is 4. The SMILES string of the molecule is Cn1nccc1C(=O)NCC1CCCN(c2ccncc2)C1. The number of carbonyl (C=O) groups is 1. The van der Waals surface area contributed by atoms with Crippen molar-refractivity contribution in [3.63, 3.8) is 0 Å². The number of amides is 1. The third kappa shape index (κ3) is 3.27. The number of nitrogens with zero attached hydrogens (tertiary/aromatic N) is 4. The first-order valence-electron chi connectivity index (χ1n) is 7.65. The minimum absolute atomic E-state index is 0.0546. The van der Waals surface area contributed by atoms with E-state index in [0.717, 1.165) is 25.9 Å². The van der Waals surface area contributed by atoms with Crippen molar-refractivity contribution in [2.24, 2.45) is 13.0 Å². The van der Waals surface area contributed by atoms with E-state index in [2.05, 4.69) is 20.3 Å². The second-order valence-electron chi connectivity index (χ2n) is 5.71. The monoisotopic (exact) mass is 299 g/mol. The lowest BCUT2D eigenvalue weighted by atomic mass is 9.97. The molecule has 2 aromatic rings. The Morgan fingerprint density at radius 1 is 1.32 bits per heavy atom. The standard InChI is InChI=1S/C16H21N5O/c1-20-15(6-9-19-20)16(22)18-11-13-3-2-10-21(12-13)14-4-7-17-8-5-14/h4-9,13H,2-3,10-12H2,1H3,(H,18,22). The van der Waals surface area contributed by atoms with Crippen molar-refractivity contribution in [3.05, 3.63) is 42.5 Å². The Morgan fingerprint density at radius 2 is 2.14 bits per heavy atom. The summed E-state index contributed by atoms with van der Waals surface area (Å²) in [4.78, 5) is 18.6. The molecule has 2 aromatic heterocycles. The maximum absolute atomic E-state index is 12.1. The normalized spacial score (nSPS) is 18.2. The van der Waals surface area contributed by atoms with E-state index in [1.807, 2.05) is 24.5 Å². The fourth-order valence-corrected chi connectivity index (χ4v) is 2.95. The number of aromatic nitrogens is 3. The van der Waals surface area contributed by atoms with Gasteiger partial charge in [-0.3, -0.25) is 14.5 Å². The number of pyridine rings is 1. The molecular formula is C16H21N5O. The first-order chi connectivity index (χ1) is 10.7. The zero-order chi connectivity index (χ0) is 15.4. The van der Waals surface area contributed by atoms with Crippen molar-refractivity contribution in [2.45, 2.75) is 12.8 Å². The number of carbonyl (C=O) groups excluding carboxylic acids is 1. The van der Waals surface area contributed by atoms with Crippen LogP contribution in [0.4, 0.5) is 5.69 Å². The van der Waals surface area contributed by atoms with E-state index >= 15 is 0 Å². The van der Waals surface area contributed by atoms with Crippen LogP contribution in [-0.4, -0.2) is 40.3 Å². The molecule has 22 heavy (non-hydrogen) atoms. The summed E-state index contributed by atoms with van der Waals surface area (Å²) in [6.45, 7) is 2.73. The molecule has 116 valence electrons. The van der Waals surface area contributed by atoms with Crippen LogP contribution in [0.15, 0.2) is 36.8 Å². The van der Waals surface area contributed by atoms with Gasteiger partial charge in [-0.15, -0.1) is 0 Å². The van der Waals surface area contributed by atoms with E-state index < -0.39 is 0 Å². The molecular weight excluding hydrogens is 278 g/mol. The lowest BCUT2D eigenvalue weighted by molar-refractivity contribution is 0.0936. The quantitative estimate of drug-likeness (QED) is 0.928. The zero-order valence-electron chi connectivity index (χ0n) is 12.8. The Morgan fingerprint density at radius 3 is 2.86 bits per heavy atom. The van der Waals surface area contributed by atoms with Gasteiger partial charge in [0.25, 0.3) is 5.91 Å². The van der Waals surface area contributed by atoms with Gasteiger partial charge in [-0.1, -0.05) is 0 Å². The van der Waals surface area contributed by atoms with Gasteiger partial charge in [-0.05, 0) is 37.0 Å². The summed E-state index contributed by atoms with van der Waals surface area (Å²) in [6.07, 6.45) is 7.58. The topological polar surface area (TPSA) is 63.1 Å². The largest absolute Gasteiger partial charge is 0.371 e. The fourth-order valence-electron chi connectivity index (χ4n) is 2.95. The summed E-state index contributed by atoms with van der Waals surface area (Å²) in [7, 11) is 1.78. The molecule has 0 saturated carbocycles. The van der Waals surface area contributed by atoms with Gasteiger partial charge < -0.3 is 10.2 Å². The molecule has 0 radical (unpaired) electrons. The van der Waals surface area contributed by atoms with Crippen LogP contribution in [0.25, 0.3) is 0 Å². The van der Waals surface area contributed by atoms with E-state index in [1.165, 1.54) is 5.69 Å². The summed E-state index contributed by atoms with van der Waals surface area (Å²) < 4.78 is 1.60. The van der Waals surface area contributed by atoms with Crippen LogP contribution < -0.4 is 10.2 Å². The van der Waals surface area contributed by atoms with Gasteiger partial charge in [0.2, 0.25) is 0 Å². The summed E-state index contributed by atoms with van der Waals surface area (Å²) in [5, 5.41) is 7.05. The second-order valence-corrected chi connectivity index (χ2v) is 5.71. The number of hydrogen-bond donors (Lipinski definition) is 1. The molecule has 1 fully saturated rings.